The van der Waals surface area contributed by atoms with Crippen molar-refractivity contribution >= 4 is 11.3 Å². The Kier molecular flexibility index (Phi) is 4.76. The van der Waals surface area contributed by atoms with Crippen LogP contribution in [-0.4, -0.2) is 16.6 Å². The van der Waals surface area contributed by atoms with E-state index in [2.05, 4.69) is 11.9 Å². The Morgan fingerprint density at radius 2 is 2.28 bits per heavy atom. The van der Waals surface area contributed by atoms with Gasteiger partial charge >= 0.3 is 0 Å². The van der Waals surface area contributed by atoms with Crippen LogP contribution in [0.2, 0.25) is 0 Å². The van der Waals surface area contributed by atoms with Crippen molar-refractivity contribution in [3.05, 3.63) is 16.6 Å². The highest BCUT2D eigenvalue weighted by molar-refractivity contribution is 7.09. The largest absolute Gasteiger partial charge is 0.385 e. The number of aromatic nitrogens is 1. The average molecular weight is 268 g/mol. The van der Waals surface area contributed by atoms with E-state index in [-0.39, 0.29) is 5.41 Å². The van der Waals surface area contributed by atoms with E-state index in [1.54, 1.807) is 6.20 Å². The fourth-order valence-electron chi connectivity index (χ4n) is 3.17. The smallest absolute Gasteiger partial charge is 0.122 e. The summed E-state index contributed by atoms with van der Waals surface area (Å²) in [6, 6.07) is 0. The van der Waals surface area contributed by atoms with Crippen LogP contribution >= 0.6 is 11.3 Å². The third-order valence-electron chi connectivity index (χ3n) is 4.47. The molecule has 1 heterocycles. The summed E-state index contributed by atoms with van der Waals surface area (Å²) in [5, 5.41) is 13.3. The molecule has 1 atom stereocenters. The number of hydrogen-bond acceptors (Lipinski definition) is 4. The number of thiazole rings is 1. The molecule has 1 aromatic heterocycles. The summed E-state index contributed by atoms with van der Waals surface area (Å²) in [5.41, 5.74) is 5.84. The molecule has 3 nitrogen and oxygen atoms in total. The molecule has 1 aliphatic rings. The van der Waals surface area contributed by atoms with Crippen molar-refractivity contribution in [1.82, 2.24) is 4.98 Å². The minimum Gasteiger partial charge on any atom is -0.385 e. The van der Waals surface area contributed by atoms with Gasteiger partial charge in [-0.05, 0) is 31.6 Å². The topological polar surface area (TPSA) is 59.1 Å². The fourth-order valence-corrected chi connectivity index (χ4v) is 3.93. The van der Waals surface area contributed by atoms with Crippen LogP contribution in [0, 0.1) is 11.3 Å². The standard InChI is InChI=1S/C14H24N2OS/c1-2-3-11-4-6-14(10-15,7-5-11)12(17)13-16-8-9-18-13/h8-9,11-12,17H,2-7,10,15H2,1H3. The molecular formula is C14H24N2OS. The summed E-state index contributed by atoms with van der Waals surface area (Å²) in [7, 11) is 0. The molecule has 0 radical (unpaired) electrons. The molecule has 1 fully saturated rings. The van der Waals surface area contributed by atoms with E-state index < -0.39 is 6.10 Å². The quantitative estimate of drug-likeness (QED) is 0.862. The zero-order valence-electron chi connectivity index (χ0n) is 11.1. The van der Waals surface area contributed by atoms with Gasteiger partial charge < -0.3 is 10.8 Å². The molecule has 2 rings (SSSR count). The van der Waals surface area contributed by atoms with Gasteiger partial charge in [-0.3, -0.25) is 0 Å². The molecule has 1 unspecified atom stereocenters. The van der Waals surface area contributed by atoms with Crippen LogP contribution in [-0.2, 0) is 0 Å². The lowest BCUT2D eigenvalue weighted by Crippen LogP contribution is -2.40. The minimum absolute atomic E-state index is 0.137. The zero-order chi connectivity index (χ0) is 13.0. The van der Waals surface area contributed by atoms with Gasteiger partial charge in [-0.2, -0.15) is 0 Å². The van der Waals surface area contributed by atoms with Crippen LogP contribution in [0.15, 0.2) is 11.6 Å². The molecule has 0 spiro atoms. The summed E-state index contributed by atoms with van der Waals surface area (Å²) in [5.74, 6) is 0.832. The number of rotatable bonds is 5. The van der Waals surface area contributed by atoms with E-state index in [1.165, 1.54) is 37.0 Å². The van der Waals surface area contributed by atoms with E-state index in [0.717, 1.165) is 23.8 Å². The lowest BCUT2D eigenvalue weighted by Gasteiger charge is -2.42. The maximum atomic E-state index is 10.6. The first-order chi connectivity index (χ1) is 8.72. The Hall–Kier alpha value is -0.450. The van der Waals surface area contributed by atoms with Crippen molar-refractivity contribution in [2.24, 2.45) is 17.1 Å². The van der Waals surface area contributed by atoms with Crippen LogP contribution < -0.4 is 5.73 Å². The van der Waals surface area contributed by atoms with E-state index in [9.17, 15) is 5.11 Å². The van der Waals surface area contributed by atoms with Gasteiger partial charge in [0.25, 0.3) is 0 Å². The summed E-state index contributed by atoms with van der Waals surface area (Å²) in [4.78, 5) is 4.25. The molecule has 1 aliphatic carbocycles. The van der Waals surface area contributed by atoms with E-state index in [0.29, 0.717) is 6.54 Å². The molecule has 0 amide bonds. The third-order valence-corrected chi connectivity index (χ3v) is 5.30. The summed E-state index contributed by atoms with van der Waals surface area (Å²) in [6.45, 7) is 2.81. The Morgan fingerprint density at radius 3 is 2.78 bits per heavy atom. The van der Waals surface area contributed by atoms with Gasteiger partial charge in [-0.15, -0.1) is 11.3 Å². The van der Waals surface area contributed by atoms with Crippen molar-refractivity contribution < 1.29 is 5.11 Å². The first-order valence-electron chi connectivity index (χ1n) is 6.99. The zero-order valence-corrected chi connectivity index (χ0v) is 12.0. The van der Waals surface area contributed by atoms with E-state index >= 15 is 0 Å². The molecule has 0 aliphatic heterocycles. The number of aliphatic hydroxyl groups is 1. The van der Waals surface area contributed by atoms with Crippen LogP contribution in [0.4, 0.5) is 0 Å². The molecule has 4 heteroatoms. The maximum absolute atomic E-state index is 10.6. The molecule has 0 aromatic carbocycles. The summed E-state index contributed by atoms with van der Waals surface area (Å²) >= 11 is 1.53. The molecular weight excluding hydrogens is 244 g/mol. The summed E-state index contributed by atoms with van der Waals surface area (Å²) < 4.78 is 0. The number of aliphatic hydroxyl groups excluding tert-OH is 1. The second-order valence-corrected chi connectivity index (χ2v) is 6.50. The third kappa shape index (κ3) is 2.76. The Morgan fingerprint density at radius 1 is 1.56 bits per heavy atom. The predicted octanol–water partition coefficient (Wildman–Crippen LogP) is 3.11. The van der Waals surface area contributed by atoms with Crippen molar-refractivity contribution in [1.29, 1.82) is 0 Å². The normalized spacial score (nSPS) is 30.3. The molecule has 0 bridgehead atoms. The van der Waals surface area contributed by atoms with Gasteiger partial charge in [0, 0.05) is 23.5 Å². The number of hydrogen-bond donors (Lipinski definition) is 2. The maximum Gasteiger partial charge on any atom is 0.122 e. The Labute approximate surface area is 113 Å². The minimum atomic E-state index is -0.481. The SMILES string of the molecule is CCCC1CCC(CN)(C(O)c2nccs2)CC1. The molecule has 1 saturated carbocycles. The lowest BCUT2D eigenvalue weighted by atomic mass is 9.66. The van der Waals surface area contributed by atoms with Crippen LogP contribution in [0.25, 0.3) is 0 Å². The molecule has 102 valence electrons. The van der Waals surface area contributed by atoms with Gasteiger partial charge in [-0.25, -0.2) is 4.98 Å². The molecule has 1 aromatic rings. The van der Waals surface area contributed by atoms with Gasteiger partial charge in [0.1, 0.15) is 11.1 Å². The highest BCUT2D eigenvalue weighted by atomic mass is 32.1. The van der Waals surface area contributed by atoms with Crippen LogP contribution in [0.3, 0.4) is 0 Å². The van der Waals surface area contributed by atoms with Crippen molar-refractivity contribution in [3.63, 3.8) is 0 Å². The number of nitrogens with zero attached hydrogens (tertiary/aromatic N) is 1. The van der Waals surface area contributed by atoms with Gasteiger partial charge in [0.15, 0.2) is 0 Å². The average Bonchev–Trinajstić information content (AvgIpc) is 2.93. The van der Waals surface area contributed by atoms with Gasteiger partial charge in [0.2, 0.25) is 0 Å². The second-order valence-electron chi connectivity index (χ2n) is 5.57. The number of nitrogens with two attached hydrogens (primary N) is 1. The Balaban J connectivity index is 2.04. The van der Waals surface area contributed by atoms with Gasteiger partial charge in [-0.1, -0.05) is 19.8 Å². The second kappa shape index (κ2) is 6.13. The first kappa shape index (κ1) is 14.0. The molecule has 0 saturated heterocycles. The lowest BCUT2D eigenvalue weighted by molar-refractivity contribution is -0.0109. The highest BCUT2D eigenvalue weighted by Gasteiger charge is 2.41. The summed E-state index contributed by atoms with van der Waals surface area (Å²) in [6.07, 6.45) is 8.33. The fraction of sp³-hybridized carbons (Fsp3) is 0.786. The highest BCUT2D eigenvalue weighted by Crippen LogP contribution is 2.47. The van der Waals surface area contributed by atoms with Crippen molar-refractivity contribution in [2.75, 3.05) is 6.54 Å². The first-order valence-corrected chi connectivity index (χ1v) is 7.87. The van der Waals surface area contributed by atoms with Crippen molar-refractivity contribution in [2.45, 2.75) is 51.6 Å². The molecule has 18 heavy (non-hydrogen) atoms. The molecule has 3 N–H and O–H groups in total. The van der Waals surface area contributed by atoms with Gasteiger partial charge in [0.05, 0.1) is 0 Å². The van der Waals surface area contributed by atoms with Crippen LogP contribution in [0.1, 0.15) is 56.6 Å². The Bertz CT molecular complexity index is 345. The van der Waals surface area contributed by atoms with E-state index in [1.807, 2.05) is 5.38 Å². The van der Waals surface area contributed by atoms with E-state index in [4.69, 9.17) is 5.73 Å². The van der Waals surface area contributed by atoms with Crippen LogP contribution in [0.5, 0.6) is 0 Å². The monoisotopic (exact) mass is 268 g/mol. The predicted molar refractivity (Wildman–Crippen MR) is 75.4 cm³/mol. The van der Waals surface area contributed by atoms with Crippen molar-refractivity contribution in [3.8, 4) is 0 Å².